The first-order valence-corrected chi connectivity index (χ1v) is 14.2. The van der Waals surface area contributed by atoms with Crippen molar-refractivity contribution in [3.8, 4) is 0 Å². The van der Waals surface area contributed by atoms with Crippen LogP contribution in [0, 0.1) is 13.8 Å². The summed E-state index contributed by atoms with van der Waals surface area (Å²) in [7, 11) is -3.52. The lowest BCUT2D eigenvalue weighted by Gasteiger charge is -2.32. The van der Waals surface area contributed by atoms with Crippen LogP contribution in [0.5, 0.6) is 0 Å². The number of hydrogen-bond donors (Lipinski definition) is 1. The predicted octanol–water partition coefficient (Wildman–Crippen LogP) is 4.22. The van der Waals surface area contributed by atoms with Crippen LogP contribution in [-0.4, -0.2) is 56.1 Å². The Balaban J connectivity index is 2.14. The molecule has 2 amide bonds. The lowest BCUT2D eigenvalue weighted by molar-refractivity contribution is -0.140. The van der Waals surface area contributed by atoms with E-state index >= 15 is 0 Å². The zero-order valence-electron chi connectivity index (χ0n) is 22.7. The van der Waals surface area contributed by atoms with E-state index in [4.69, 9.17) is 0 Å². The zero-order valence-corrected chi connectivity index (χ0v) is 23.5. The van der Waals surface area contributed by atoms with Gasteiger partial charge in [0, 0.05) is 25.0 Å². The number of aryl methyl sites for hydroxylation is 2. The molecule has 8 heteroatoms. The normalized spacial score (nSPS) is 12.6. The topological polar surface area (TPSA) is 86.8 Å². The van der Waals surface area contributed by atoms with Gasteiger partial charge < -0.3 is 10.2 Å². The third kappa shape index (κ3) is 8.97. The highest BCUT2D eigenvalue weighted by molar-refractivity contribution is 7.92. The summed E-state index contributed by atoms with van der Waals surface area (Å²) in [6.45, 7) is 11.9. The highest BCUT2D eigenvalue weighted by Gasteiger charge is 2.28. The smallest absolute Gasteiger partial charge is 0.242 e. The van der Waals surface area contributed by atoms with Crippen molar-refractivity contribution in [3.63, 3.8) is 0 Å². The van der Waals surface area contributed by atoms with Gasteiger partial charge in [0.25, 0.3) is 0 Å². The van der Waals surface area contributed by atoms with Gasteiger partial charge in [-0.1, -0.05) is 36.4 Å². The molecular weight excluding hydrogens is 474 g/mol. The van der Waals surface area contributed by atoms with Gasteiger partial charge in [-0.25, -0.2) is 8.42 Å². The highest BCUT2D eigenvalue weighted by atomic mass is 32.2. The lowest BCUT2D eigenvalue weighted by Crippen LogP contribution is -2.53. The SMILES string of the molecule is Cc1ccc(N(CCCC(=O)N(CCc2ccccc2)[C@@H](C)C(=O)NC(C)(C)C)S(C)(=O)=O)cc1C. The first kappa shape index (κ1) is 29.4. The summed E-state index contributed by atoms with van der Waals surface area (Å²) in [6.07, 6.45) is 2.28. The third-order valence-corrected chi connectivity index (χ3v) is 7.27. The van der Waals surface area contributed by atoms with E-state index in [0.29, 0.717) is 25.1 Å². The van der Waals surface area contributed by atoms with E-state index in [2.05, 4.69) is 5.32 Å². The van der Waals surface area contributed by atoms with Gasteiger partial charge in [0.1, 0.15) is 6.04 Å². The van der Waals surface area contributed by atoms with Crippen LogP contribution in [0.15, 0.2) is 48.5 Å². The van der Waals surface area contributed by atoms with E-state index in [1.165, 1.54) is 10.6 Å². The molecule has 0 spiro atoms. The zero-order chi connectivity index (χ0) is 27.1. The number of sulfonamides is 1. The molecule has 36 heavy (non-hydrogen) atoms. The number of carbonyl (C=O) groups excluding carboxylic acids is 2. The monoisotopic (exact) mass is 515 g/mol. The molecule has 1 atom stereocenters. The Hall–Kier alpha value is -2.87. The highest BCUT2D eigenvalue weighted by Crippen LogP contribution is 2.22. The van der Waals surface area contributed by atoms with Gasteiger partial charge in [0.2, 0.25) is 21.8 Å². The third-order valence-electron chi connectivity index (χ3n) is 6.08. The van der Waals surface area contributed by atoms with Crippen molar-refractivity contribution < 1.29 is 18.0 Å². The maximum Gasteiger partial charge on any atom is 0.242 e. The van der Waals surface area contributed by atoms with Gasteiger partial charge >= 0.3 is 0 Å². The first-order chi connectivity index (χ1) is 16.7. The second kappa shape index (κ2) is 12.4. The molecule has 7 nitrogen and oxygen atoms in total. The molecule has 0 fully saturated rings. The molecule has 0 radical (unpaired) electrons. The molecule has 2 rings (SSSR count). The van der Waals surface area contributed by atoms with Crippen LogP contribution in [0.25, 0.3) is 0 Å². The molecule has 1 N–H and O–H groups in total. The Labute approximate surface area is 216 Å². The number of benzene rings is 2. The van der Waals surface area contributed by atoms with Crippen molar-refractivity contribution in [1.82, 2.24) is 10.2 Å². The molecular formula is C28H41N3O4S. The molecule has 0 unspecified atom stereocenters. The summed E-state index contributed by atoms with van der Waals surface area (Å²) in [6, 6.07) is 14.7. The molecule has 0 aliphatic carbocycles. The minimum atomic E-state index is -3.52. The fourth-order valence-corrected chi connectivity index (χ4v) is 4.89. The van der Waals surface area contributed by atoms with Crippen LogP contribution in [0.4, 0.5) is 5.69 Å². The number of nitrogens with zero attached hydrogens (tertiary/aromatic N) is 2. The van der Waals surface area contributed by atoms with Crippen LogP contribution in [-0.2, 0) is 26.0 Å². The van der Waals surface area contributed by atoms with Crippen molar-refractivity contribution >= 4 is 27.5 Å². The molecule has 2 aromatic rings. The van der Waals surface area contributed by atoms with E-state index in [1.807, 2.05) is 77.1 Å². The van der Waals surface area contributed by atoms with Gasteiger partial charge in [-0.05, 0) is 83.2 Å². The summed E-state index contributed by atoms with van der Waals surface area (Å²) in [5.41, 5.74) is 3.34. The van der Waals surface area contributed by atoms with Crippen molar-refractivity contribution in [1.29, 1.82) is 0 Å². The van der Waals surface area contributed by atoms with Crippen LogP contribution < -0.4 is 9.62 Å². The van der Waals surface area contributed by atoms with Crippen LogP contribution in [0.3, 0.4) is 0 Å². The maximum atomic E-state index is 13.3. The molecule has 0 saturated heterocycles. The van der Waals surface area contributed by atoms with Gasteiger partial charge in [-0.3, -0.25) is 13.9 Å². The van der Waals surface area contributed by atoms with Gasteiger partial charge in [0.05, 0.1) is 11.9 Å². The van der Waals surface area contributed by atoms with Gasteiger partial charge in [-0.15, -0.1) is 0 Å². The van der Waals surface area contributed by atoms with Crippen molar-refractivity contribution in [3.05, 3.63) is 65.2 Å². The number of rotatable bonds is 11. The fraction of sp³-hybridized carbons (Fsp3) is 0.500. The number of carbonyl (C=O) groups is 2. The van der Waals surface area contributed by atoms with Gasteiger partial charge in [-0.2, -0.15) is 0 Å². The molecule has 0 bridgehead atoms. The molecule has 198 valence electrons. The van der Waals surface area contributed by atoms with Crippen molar-refractivity contribution in [2.75, 3.05) is 23.7 Å². The van der Waals surface area contributed by atoms with E-state index in [-0.39, 0.29) is 24.8 Å². The molecule has 0 aliphatic rings. The van der Waals surface area contributed by atoms with E-state index < -0.39 is 21.6 Å². The Morgan fingerprint density at radius 1 is 0.972 bits per heavy atom. The number of anilines is 1. The second-order valence-corrected chi connectivity index (χ2v) is 12.4. The Bertz CT molecular complexity index is 1140. The first-order valence-electron chi connectivity index (χ1n) is 12.4. The standard InChI is InChI=1S/C28H41N3O4S/c1-21-15-16-25(20-22(21)2)31(36(7,34)35)18-11-14-26(32)30(19-17-24-12-9-8-10-13-24)23(3)27(33)29-28(4,5)6/h8-10,12-13,15-16,20,23H,11,14,17-19H2,1-7H3,(H,29,33)/t23-/m0/s1. The summed E-state index contributed by atoms with van der Waals surface area (Å²) < 4.78 is 26.4. The average Bonchev–Trinajstić information content (AvgIpc) is 2.77. The fourth-order valence-electron chi connectivity index (χ4n) is 3.93. The number of amides is 2. The Morgan fingerprint density at radius 3 is 2.17 bits per heavy atom. The molecule has 2 aromatic carbocycles. The van der Waals surface area contributed by atoms with Gasteiger partial charge in [0.15, 0.2) is 0 Å². The quantitative estimate of drug-likeness (QED) is 0.485. The van der Waals surface area contributed by atoms with E-state index in [9.17, 15) is 18.0 Å². The maximum absolute atomic E-state index is 13.3. The van der Waals surface area contributed by atoms with Crippen LogP contribution in [0.1, 0.15) is 57.2 Å². The summed E-state index contributed by atoms with van der Waals surface area (Å²) in [5, 5.41) is 2.96. The summed E-state index contributed by atoms with van der Waals surface area (Å²) >= 11 is 0. The second-order valence-electron chi connectivity index (χ2n) is 10.4. The number of nitrogens with one attached hydrogen (secondary N) is 1. The molecule has 0 heterocycles. The Kier molecular flexibility index (Phi) is 10.1. The minimum Gasteiger partial charge on any atom is -0.350 e. The predicted molar refractivity (Wildman–Crippen MR) is 147 cm³/mol. The molecule has 0 aromatic heterocycles. The van der Waals surface area contributed by atoms with Crippen molar-refractivity contribution in [2.45, 2.75) is 72.4 Å². The number of hydrogen-bond acceptors (Lipinski definition) is 4. The summed E-state index contributed by atoms with van der Waals surface area (Å²) in [5.74, 6) is -0.382. The van der Waals surface area contributed by atoms with Crippen LogP contribution >= 0.6 is 0 Å². The van der Waals surface area contributed by atoms with Crippen LogP contribution in [0.2, 0.25) is 0 Å². The minimum absolute atomic E-state index is 0.138. The average molecular weight is 516 g/mol. The van der Waals surface area contributed by atoms with Crippen molar-refractivity contribution in [2.24, 2.45) is 0 Å². The largest absolute Gasteiger partial charge is 0.350 e. The lowest BCUT2D eigenvalue weighted by atomic mass is 10.1. The summed E-state index contributed by atoms with van der Waals surface area (Å²) in [4.78, 5) is 27.8. The van der Waals surface area contributed by atoms with E-state index in [0.717, 1.165) is 16.7 Å². The Morgan fingerprint density at radius 2 is 1.61 bits per heavy atom. The molecule has 0 saturated carbocycles. The van der Waals surface area contributed by atoms with E-state index in [1.54, 1.807) is 17.9 Å². The molecule has 0 aliphatic heterocycles.